The third-order valence-corrected chi connectivity index (χ3v) is 5.69. The molecule has 116 valence electrons. The van der Waals surface area contributed by atoms with Crippen LogP contribution in [0, 0.1) is 5.82 Å². The Balaban J connectivity index is 1.80. The highest BCUT2D eigenvalue weighted by Gasteiger charge is 2.41. The second kappa shape index (κ2) is 6.35. The fourth-order valence-electron chi connectivity index (χ4n) is 3.86. The van der Waals surface area contributed by atoms with Crippen LogP contribution in [0.2, 0.25) is 0 Å². The number of nitrogens with one attached hydrogen (secondary N) is 1. The van der Waals surface area contributed by atoms with Crippen molar-refractivity contribution in [3.63, 3.8) is 0 Å². The largest absolute Gasteiger partial charge is 0.311 e. The van der Waals surface area contributed by atoms with Gasteiger partial charge in [0.15, 0.2) is 0 Å². The van der Waals surface area contributed by atoms with Crippen LogP contribution in [0.1, 0.15) is 44.6 Å². The monoisotopic (exact) mass is 354 g/mol. The standard InChI is InChI=1S/C17H24BrFN2/c1-13-10-21(11-14-5-6-16(19)15(18)9-14)17(12-20-13)7-3-2-4-8-17/h5-6,9,13,20H,2-4,7-8,10-12H2,1H3. The molecule has 1 spiro atoms. The Morgan fingerprint density at radius 3 is 2.81 bits per heavy atom. The maximum absolute atomic E-state index is 13.4. The lowest BCUT2D eigenvalue weighted by molar-refractivity contribution is 0.00615. The Kier molecular flexibility index (Phi) is 4.67. The van der Waals surface area contributed by atoms with Gasteiger partial charge in [-0.1, -0.05) is 25.3 Å². The van der Waals surface area contributed by atoms with Crippen molar-refractivity contribution in [2.45, 2.75) is 57.2 Å². The zero-order valence-electron chi connectivity index (χ0n) is 12.7. The average molecular weight is 355 g/mol. The minimum atomic E-state index is -0.181. The molecule has 2 nitrogen and oxygen atoms in total. The first-order valence-corrected chi connectivity index (χ1v) is 8.81. The van der Waals surface area contributed by atoms with Crippen LogP contribution in [0.25, 0.3) is 0 Å². The van der Waals surface area contributed by atoms with Crippen molar-refractivity contribution < 1.29 is 4.39 Å². The summed E-state index contributed by atoms with van der Waals surface area (Å²) in [5.74, 6) is -0.181. The smallest absolute Gasteiger partial charge is 0.137 e. The zero-order valence-corrected chi connectivity index (χ0v) is 14.3. The van der Waals surface area contributed by atoms with Gasteiger partial charge in [-0.05, 0) is 53.4 Å². The summed E-state index contributed by atoms with van der Waals surface area (Å²) in [4.78, 5) is 2.65. The molecule has 0 amide bonds. The molecule has 1 saturated heterocycles. The Morgan fingerprint density at radius 1 is 1.33 bits per heavy atom. The summed E-state index contributed by atoms with van der Waals surface area (Å²) in [5, 5.41) is 3.67. The van der Waals surface area contributed by atoms with Gasteiger partial charge in [0.2, 0.25) is 0 Å². The number of nitrogens with zero attached hydrogens (tertiary/aromatic N) is 1. The molecule has 1 N–H and O–H groups in total. The lowest BCUT2D eigenvalue weighted by atomic mass is 9.78. The number of rotatable bonds is 2. The molecule has 2 fully saturated rings. The summed E-state index contributed by atoms with van der Waals surface area (Å²) >= 11 is 3.30. The van der Waals surface area contributed by atoms with Crippen LogP contribution < -0.4 is 5.32 Å². The average Bonchev–Trinajstić information content (AvgIpc) is 2.48. The van der Waals surface area contributed by atoms with Gasteiger partial charge in [-0.3, -0.25) is 4.90 Å². The van der Waals surface area contributed by atoms with Gasteiger partial charge >= 0.3 is 0 Å². The van der Waals surface area contributed by atoms with Gasteiger partial charge in [-0.15, -0.1) is 0 Å². The van der Waals surface area contributed by atoms with Crippen LogP contribution >= 0.6 is 15.9 Å². The molecule has 0 radical (unpaired) electrons. The molecule has 1 aromatic rings. The third-order valence-electron chi connectivity index (χ3n) is 5.09. The van der Waals surface area contributed by atoms with E-state index in [1.807, 2.05) is 12.1 Å². The van der Waals surface area contributed by atoms with Gasteiger partial charge in [-0.2, -0.15) is 0 Å². The van der Waals surface area contributed by atoms with Crippen molar-refractivity contribution in [2.24, 2.45) is 0 Å². The summed E-state index contributed by atoms with van der Waals surface area (Å²) in [6, 6.07) is 5.95. The first kappa shape index (κ1) is 15.4. The normalized spacial score (nSPS) is 26.1. The van der Waals surface area contributed by atoms with Crippen LogP contribution in [-0.2, 0) is 6.54 Å². The highest BCUT2D eigenvalue weighted by atomic mass is 79.9. The molecule has 1 atom stereocenters. The van der Waals surface area contributed by atoms with Crippen LogP contribution in [0.5, 0.6) is 0 Å². The summed E-state index contributed by atoms with van der Waals surface area (Å²) in [6.45, 7) is 5.35. The van der Waals surface area contributed by atoms with Gasteiger partial charge in [0, 0.05) is 31.2 Å². The molecular weight excluding hydrogens is 331 g/mol. The predicted molar refractivity (Wildman–Crippen MR) is 87.8 cm³/mol. The molecule has 0 aromatic heterocycles. The van der Waals surface area contributed by atoms with Gasteiger partial charge in [0.25, 0.3) is 0 Å². The molecule has 1 unspecified atom stereocenters. The van der Waals surface area contributed by atoms with E-state index in [1.165, 1.54) is 37.7 Å². The van der Waals surface area contributed by atoms with E-state index in [0.29, 0.717) is 16.1 Å². The molecule has 1 saturated carbocycles. The molecule has 1 aliphatic heterocycles. The molecule has 3 rings (SSSR count). The van der Waals surface area contributed by atoms with E-state index in [-0.39, 0.29) is 5.82 Å². The minimum Gasteiger partial charge on any atom is -0.311 e. The summed E-state index contributed by atoms with van der Waals surface area (Å²) < 4.78 is 14.0. The fourth-order valence-corrected chi connectivity index (χ4v) is 4.28. The molecule has 1 aromatic carbocycles. The van der Waals surface area contributed by atoms with Crippen LogP contribution in [0.4, 0.5) is 4.39 Å². The maximum atomic E-state index is 13.4. The predicted octanol–water partition coefficient (Wildman–Crippen LogP) is 4.08. The van der Waals surface area contributed by atoms with Crippen LogP contribution in [-0.4, -0.2) is 29.6 Å². The SMILES string of the molecule is CC1CN(Cc2ccc(F)c(Br)c2)C2(CCCCC2)CN1. The minimum absolute atomic E-state index is 0.181. The van der Waals surface area contributed by atoms with Crippen molar-refractivity contribution in [1.82, 2.24) is 10.2 Å². The molecular formula is C17H24BrFN2. The number of hydrogen-bond donors (Lipinski definition) is 1. The molecule has 1 heterocycles. The lowest BCUT2D eigenvalue weighted by Gasteiger charge is -2.51. The quantitative estimate of drug-likeness (QED) is 0.860. The Labute approximate surface area is 135 Å². The third kappa shape index (κ3) is 3.33. The number of hydrogen-bond acceptors (Lipinski definition) is 2. The zero-order chi connectivity index (χ0) is 14.9. The van der Waals surface area contributed by atoms with Crippen molar-refractivity contribution in [1.29, 1.82) is 0 Å². The van der Waals surface area contributed by atoms with E-state index in [0.717, 1.165) is 19.6 Å². The maximum Gasteiger partial charge on any atom is 0.137 e. The number of halogens is 2. The second-order valence-electron chi connectivity index (χ2n) is 6.70. The molecule has 4 heteroatoms. The molecule has 0 bridgehead atoms. The van der Waals surface area contributed by atoms with Gasteiger partial charge in [-0.25, -0.2) is 4.39 Å². The first-order chi connectivity index (χ1) is 10.1. The lowest BCUT2D eigenvalue weighted by Crippen LogP contribution is -2.64. The van der Waals surface area contributed by atoms with Crippen molar-refractivity contribution in [2.75, 3.05) is 13.1 Å². The Hall–Kier alpha value is -0.450. The second-order valence-corrected chi connectivity index (χ2v) is 7.55. The molecule has 21 heavy (non-hydrogen) atoms. The van der Waals surface area contributed by atoms with E-state index in [1.54, 1.807) is 6.07 Å². The summed E-state index contributed by atoms with van der Waals surface area (Å²) in [5.41, 5.74) is 1.51. The summed E-state index contributed by atoms with van der Waals surface area (Å²) in [7, 11) is 0. The fraction of sp³-hybridized carbons (Fsp3) is 0.647. The topological polar surface area (TPSA) is 15.3 Å². The first-order valence-electron chi connectivity index (χ1n) is 8.01. The Bertz CT molecular complexity index is 500. The number of piperazine rings is 1. The highest BCUT2D eigenvalue weighted by molar-refractivity contribution is 9.10. The van der Waals surface area contributed by atoms with E-state index in [9.17, 15) is 4.39 Å². The van der Waals surface area contributed by atoms with Crippen LogP contribution in [0.15, 0.2) is 22.7 Å². The van der Waals surface area contributed by atoms with E-state index >= 15 is 0 Å². The van der Waals surface area contributed by atoms with Gasteiger partial charge < -0.3 is 5.32 Å². The van der Waals surface area contributed by atoms with E-state index in [2.05, 4.69) is 33.1 Å². The van der Waals surface area contributed by atoms with Crippen LogP contribution in [0.3, 0.4) is 0 Å². The van der Waals surface area contributed by atoms with E-state index < -0.39 is 0 Å². The van der Waals surface area contributed by atoms with Gasteiger partial charge in [0.1, 0.15) is 5.82 Å². The van der Waals surface area contributed by atoms with Crippen molar-refractivity contribution >= 4 is 15.9 Å². The Morgan fingerprint density at radius 2 is 2.10 bits per heavy atom. The van der Waals surface area contributed by atoms with Crippen molar-refractivity contribution in [3.05, 3.63) is 34.1 Å². The number of benzene rings is 1. The highest BCUT2D eigenvalue weighted by Crippen LogP contribution is 2.36. The molecule has 1 aliphatic carbocycles. The van der Waals surface area contributed by atoms with Gasteiger partial charge in [0.05, 0.1) is 4.47 Å². The van der Waals surface area contributed by atoms with E-state index in [4.69, 9.17) is 0 Å². The summed E-state index contributed by atoms with van der Waals surface area (Å²) in [6.07, 6.45) is 6.61. The molecule has 2 aliphatic rings. The van der Waals surface area contributed by atoms with Crippen molar-refractivity contribution in [3.8, 4) is 0 Å².